The van der Waals surface area contributed by atoms with Gasteiger partial charge in [-0.2, -0.15) is 11.8 Å². The number of nitrogens with two attached hydrogens (primary N) is 3. The van der Waals surface area contributed by atoms with Crippen LogP contribution in [0.15, 0.2) is 4.99 Å². The number of rotatable bonds is 17. The van der Waals surface area contributed by atoms with E-state index in [1.54, 1.807) is 0 Å². The average Bonchev–Trinajstić information content (AvgIpc) is 2.75. The molecule has 0 bridgehead atoms. The van der Waals surface area contributed by atoms with Gasteiger partial charge in [0.2, 0.25) is 17.7 Å². The predicted octanol–water partition coefficient (Wildman–Crippen LogP) is -1.91. The molecule has 3 amide bonds. The molecule has 14 heteroatoms. The lowest BCUT2D eigenvalue weighted by atomic mass is 10.0. The fraction of sp³-hybridized carbons (Fsp3) is 0.762. The number of aliphatic imine (C=N–C) groups is 1. The van der Waals surface area contributed by atoms with E-state index in [0.29, 0.717) is 18.6 Å². The first-order valence-corrected chi connectivity index (χ1v) is 12.8. The van der Waals surface area contributed by atoms with Crippen LogP contribution in [0, 0.1) is 5.92 Å². The molecular formula is C21H41N7O6S. The third-order valence-corrected chi connectivity index (χ3v) is 5.58. The van der Waals surface area contributed by atoms with Crippen LogP contribution < -0.4 is 33.2 Å². The number of amides is 3. The number of carbonyl (C=O) groups is 4. The Labute approximate surface area is 210 Å². The van der Waals surface area contributed by atoms with Gasteiger partial charge in [-0.05, 0) is 50.5 Å². The molecule has 5 atom stereocenters. The minimum Gasteiger partial charge on any atom is -0.480 e. The summed E-state index contributed by atoms with van der Waals surface area (Å²) in [5.41, 5.74) is 16.6. The second-order valence-corrected chi connectivity index (χ2v) is 9.64. The quantitative estimate of drug-likeness (QED) is 0.0602. The van der Waals surface area contributed by atoms with E-state index in [9.17, 15) is 29.4 Å². The summed E-state index contributed by atoms with van der Waals surface area (Å²) in [7, 11) is 0. The van der Waals surface area contributed by atoms with Gasteiger partial charge < -0.3 is 43.4 Å². The van der Waals surface area contributed by atoms with Crippen molar-refractivity contribution in [3.8, 4) is 0 Å². The molecule has 0 fully saturated rings. The Morgan fingerprint density at radius 2 is 1.51 bits per heavy atom. The molecule has 0 aromatic rings. The fourth-order valence-corrected chi connectivity index (χ4v) is 3.53. The maximum absolute atomic E-state index is 13.1. The zero-order valence-corrected chi connectivity index (χ0v) is 21.6. The van der Waals surface area contributed by atoms with E-state index in [-0.39, 0.29) is 31.3 Å². The summed E-state index contributed by atoms with van der Waals surface area (Å²) in [6.07, 6.45) is 1.69. The number of carboxylic acids is 1. The second-order valence-electron chi connectivity index (χ2n) is 8.65. The molecular weight excluding hydrogens is 478 g/mol. The van der Waals surface area contributed by atoms with Crippen molar-refractivity contribution >= 4 is 41.4 Å². The van der Waals surface area contributed by atoms with Gasteiger partial charge in [-0.15, -0.1) is 0 Å². The third kappa shape index (κ3) is 13.8. The van der Waals surface area contributed by atoms with Crippen LogP contribution in [0.4, 0.5) is 0 Å². The van der Waals surface area contributed by atoms with Crippen LogP contribution >= 0.6 is 11.8 Å². The van der Waals surface area contributed by atoms with Gasteiger partial charge >= 0.3 is 5.97 Å². The van der Waals surface area contributed by atoms with Crippen molar-refractivity contribution in [1.82, 2.24) is 16.0 Å². The minimum atomic E-state index is -1.54. The van der Waals surface area contributed by atoms with Crippen LogP contribution in [-0.4, -0.2) is 88.7 Å². The molecule has 0 saturated heterocycles. The molecule has 0 rings (SSSR count). The minimum absolute atomic E-state index is 0.0317. The molecule has 0 aromatic heterocycles. The third-order valence-electron chi connectivity index (χ3n) is 4.93. The Hall–Kier alpha value is -2.58. The van der Waals surface area contributed by atoms with E-state index in [2.05, 4.69) is 20.9 Å². The topological polar surface area (TPSA) is 235 Å². The Morgan fingerprint density at radius 3 is 2.00 bits per heavy atom. The highest BCUT2D eigenvalue weighted by Crippen LogP contribution is 2.09. The summed E-state index contributed by atoms with van der Waals surface area (Å²) in [5.74, 6) is -2.78. The number of guanidine groups is 1. The second kappa shape index (κ2) is 16.9. The summed E-state index contributed by atoms with van der Waals surface area (Å²) in [6, 6.07) is -4.47. The molecule has 0 saturated carbocycles. The highest BCUT2D eigenvalue weighted by Gasteiger charge is 2.32. The van der Waals surface area contributed by atoms with Crippen molar-refractivity contribution in [2.75, 3.05) is 18.6 Å². The molecule has 0 aliphatic rings. The standard InChI is InChI=1S/C21H41N7O6S/c1-11(2)10-15(19(32)28-16(12(3)29)20(33)34)27-18(31)14(6-5-8-25-21(23)24)26-17(30)13(22)7-9-35-4/h11-16,29H,5-10,22H2,1-4H3,(H,26,30)(H,27,31)(H,28,32)(H,33,34)(H4,23,24,25)/t12-,13+,14+,15+,16+/m1/s1. The van der Waals surface area contributed by atoms with Gasteiger partial charge in [-0.25, -0.2) is 4.79 Å². The first-order valence-electron chi connectivity index (χ1n) is 11.4. The van der Waals surface area contributed by atoms with Gasteiger partial charge in [0.15, 0.2) is 12.0 Å². The number of aliphatic hydroxyl groups is 1. The molecule has 0 aliphatic heterocycles. The van der Waals surface area contributed by atoms with E-state index in [4.69, 9.17) is 17.2 Å². The number of carbonyl (C=O) groups excluding carboxylic acids is 3. The Bertz CT molecular complexity index is 731. The van der Waals surface area contributed by atoms with Crippen LogP contribution in [-0.2, 0) is 19.2 Å². The molecule has 0 aromatic carbocycles. The van der Waals surface area contributed by atoms with Gasteiger partial charge in [0.25, 0.3) is 0 Å². The largest absolute Gasteiger partial charge is 0.480 e. The normalized spacial score (nSPS) is 15.3. The Balaban J connectivity index is 5.56. The van der Waals surface area contributed by atoms with Crippen molar-refractivity contribution in [1.29, 1.82) is 0 Å². The Kier molecular flexibility index (Phi) is 15.7. The number of thioether (sulfide) groups is 1. The van der Waals surface area contributed by atoms with Crippen LogP contribution in [0.3, 0.4) is 0 Å². The van der Waals surface area contributed by atoms with Gasteiger partial charge in [0.05, 0.1) is 12.1 Å². The van der Waals surface area contributed by atoms with Crippen molar-refractivity contribution in [3.63, 3.8) is 0 Å². The van der Waals surface area contributed by atoms with E-state index in [0.717, 1.165) is 0 Å². The first-order chi connectivity index (χ1) is 16.3. The van der Waals surface area contributed by atoms with E-state index in [1.807, 2.05) is 20.1 Å². The van der Waals surface area contributed by atoms with Gasteiger partial charge in [-0.1, -0.05) is 13.8 Å². The molecule has 0 spiro atoms. The highest BCUT2D eigenvalue weighted by molar-refractivity contribution is 7.98. The maximum atomic E-state index is 13.1. The smallest absolute Gasteiger partial charge is 0.328 e. The lowest BCUT2D eigenvalue weighted by Crippen LogP contribution is -2.58. The van der Waals surface area contributed by atoms with Crippen molar-refractivity contribution in [2.24, 2.45) is 28.1 Å². The number of hydrogen-bond acceptors (Lipinski definition) is 8. The maximum Gasteiger partial charge on any atom is 0.328 e. The zero-order valence-electron chi connectivity index (χ0n) is 20.8. The fourth-order valence-electron chi connectivity index (χ4n) is 3.04. The number of carboxylic acid groups (broad SMARTS) is 1. The van der Waals surface area contributed by atoms with Gasteiger partial charge in [0, 0.05) is 6.54 Å². The van der Waals surface area contributed by atoms with Crippen LogP contribution in [0.5, 0.6) is 0 Å². The summed E-state index contributed by atoms with van der Waals surface area (Å²) in [4.78, 5) is 53.6. The summed E-state index contributed by atoms with van der Waals surface area (Å²) < 4.78 is 0. The Morgan fingerprint density at radius 1 is 0.943 bits per heavy atom. The van der Waals surface area contributed by atoms with Crippen LogP contribution in [0.25, 0.3) is 0 Å². The van der Waals surface area contributed by atoms with Crippen molar-refractivity contribution in [2.45, 2.75) is 76.7 Å². The SMILES string of the molecule is CSCC[C@H](N)C(=O)N[C@@H](CCCN=C(N)N)C(=O)N[C@@H](CC(C)C)C(=O)N[C@H](C(=O)O)[C@@H](C)O. The highest BCUT2D eigenvalue weighted by atomic mass is 32.2. The summed E-state index contributed by atoms with van der Waals surface area (Å²) >= 11 is 1.54. The molecule has 0 unspecified atom stereocenters. The predicted molar refractivity (Wildman–Crippen MR) is 135 cm³/mol. The molecule has 0 heterocycles. The van der Waals surface area contributed by atoms with Gasteiger partial charge in [-0.3, -0.25) is 19.4 Å². The molecule has 0 radical (unpaired) electrons. The lowest BCUT2D eigenvalue weighted by molar-refractivity contribution is -0.145. The number of nitrogens with one attached hydrogen (secondary N) is 3. The van der Waals surface area contributed by atoms with E-state index >= 15 is 0 Å². The summed E-state index contributed by atoms with van der Waals surface area (Å²) in [6.45, 7) is 5.12. The first kappa shape index (κ1) is 32.4. The number of aliphatic carboxylic acids is 1. The lowest BCUT2D eigenvalue weighted by Gasteiger charge is -2.26. The van der Waals surface area contributed by atoms with Crippen LogP contribution in [0.1, 0.15) is 46.5 Å². The molecule has 202 valence electrons. The molecule has 13 nitrogen and oxygen atoms in total. The van der Waals surface area contributed by atoms with E-state index < -0.39 is 54.0 Å². The monoisotopic (exact) mass is 519 g/mol. The van der Waals surface area contributed by atoms with E-state index in [1.165, 1.54) is 18.7 Å². The van der Waals surface area contributed by atoms with Crippen molar-refractivity contribution in [3.05, 3.63) is 0 Å². The van der Waals surface area contributed by atoms with Crippen molar-refractivity contribution < 1.29 is 29.4 Å². The van der Waals surface area contributed by atoms with Crippen LogP contribution in [0.2, 0.25) is 0 Å². The average molecular weight is 520 g/mol. The summed E-state index contributed by atoms with van der Waals surface area (Å²) in [5, 5.41) is 26.4. The molecule has 35 heavy (non-hydrogen) atoms. The number of hydrogen-bond donors (Lipinski definition) is 8. The zero-order chi connectivity index (χ0) is 27.1. The molecule has 11 N–H and O–H groups in total. The number of aliphatic hydroxyl groups excluding tert-OH is 1. The molecule has 0 aliphatic carbocycles. The number of nitrogens with zero attached hydrogens (tertiary/aromatic N) is 1. The van der Waals surface area contributed by atoms with Gasteiger partial charge in [0.1, 0.15) is 12.1 Å².